The molecule has 0 aromatic carbocycles. The summed E-state index contributed by atoms with van der Waals surface area (Å²) in [5, 5.41) is 3.16. The van der Waals surface area contributed by atoms with Crippen LogP contribution < -0.4 is 5.32 Å². The Kier molecular flexibility index (Phi) is 2.75. The van der Waals surface area contributed by atoms with Gasteiger partial charge in [-0.2, -0.15) is 0 Å². The summed E-state index contributed by atoms with van der Waals surface area (Å²) >= 11 is 0. The summed E-state index contributed by atoms with van der Waals surface area (Å²) in [6.45, 7) is 7.88. The molecule has 0 radical (unpaired) electrons. The number of nitrogens with one attached hydrogen (secondary N) is 1. The summed E-state index contributed by atoms with van der Waals surface area (Å²) in [6, 6.07) is 0. The van der Waals surface area contributed by atoms with E-state index >= 15 is 0 Å². The zero-order valence-corrected chi connectivity index (χ0v) is 13.5. The van der Waals surface area contributed by atoms with Crippen molar-refractivity contribution in [3.05, 3.63) is 23.3 Å². The molecule has 1 heterocycles. The van der Waals surface area contributed by atoms with E-state index in [-0.39, 0.29) is 5.41 Å². The molecule has 3 aliphatic carbocycles. The molecule has 0 bridgehead atoms. The lowest BCUT2D eigenvalue weighted by molar-refractivity contribution is -0.132. The third-order valence-electron chi connectivity index (χ3n) is 7.36. The second-order valence-corrected chi connectivity index (χ2v) is 8.35. The van der Waals surface area contributed by atoms with Crippen molar-refractivity contribution in [1.82, 2.24) is 5.32 Å². The summed E-state index contributed by atoms with van der Waals surface area (Å²) in [5.74, 6) is 2.33. The van der Waals surface area contributed by atoms with Crippen molar-refractivity contribution in [2.75, 3.05) is 6.54 Å². The van der Waals surface area contributed by atoms with Gasteiger partial charge in [-0.15, -0.1) is 0 Å². The molecule has 21 heavy (non-hydrogen) atoms. The number of carbonyl (C=O) groups is 1. The highest BCUT2D eigenvalue weighted by atomic mass is 16.2. The quantitative estimate of drug-likeness (QED) is 0.720. The van der Waals surface area contributed by atoms with E-state index in [1.165, 1.54) is 31.3 Å². The van der Waals surface area contributed by atoms with Gasteiger partial charge >= 0.3 is 0 Å². The number of hydrogen-bond acceptors (Lipinski definition) is 1. The van der Waals surface area contributed by atoms with Crippen molar-refractivity contribution in [2.45, 2.75) is 52.9 Å². The Labute approximate surface area is 128 Å². The fourth-order valence-corrected chi connectivity index (χ4v) is 5.85. The highest BCUT2D eigenvalue weighted by molar-refractivity contribution is 5.85. The fraction of sp³-hybridized carbons (Fsp3) is 0.737. The predicted octanol–water partition coefficient (Wildman–Crippen LogP) is 3.84. The molecule has 1 amide bonds. The molecular weight excluding hydrogens is 258 g/mol. The van der Waals surface area contributed by atoms with Crippen molar-refractivity contribution in [3.63, 3.8) is 0 Å². The van der Waals surface area contributed by atoms with Crippen LogP contribution in [0.3, 0.4) is 0 Å². The van der Waals surface area contributed by atoms with Crippen molar-refractivity contribution >= 4 is 5.91 Å². The van der Waals surface area contributed by atoms with Crippen molar-refractivity contribution < 1.29 is 4.79 Å². The molecule has 0 aromatic heterocycles. The third-order valence-corrected chi connectivity index (χ3v) is 7.36. The third kappa shape index (κ3) is 1.68. The highest BCUT2D eigenvalue weighted by Crippen LogP contribution is 2.61. The molecule has 2 nitrogen and oxygen atoms in total. The zero-order valence-electron chi connectivity index (χ0n) is 13.5. The van der Waals surface area contributed by atoms with E-state index in [9.17, 15) is 4.79 Å². The lowest BCUT2D eigenvalue weighted by atomic mass is 9.48. The summed E-state index contributed by atoms with van der Waals surface area (Å²) in [5.41, 5.74) is 3.39. The highest BCUT2D eigenvalue weighted by Gasteiger charge is 2.58. The van der Waals surface area contributed by atoms with E-state index in [1.807, 2.05) is 0 Å². The first-order valence-electron chi connectivity index (χ1n) is 8.61. The van der Waals surface area contributed by atoms with Crippen molar-refractivity contribution in [2.24, 2.45) is 28.6 Å². The fourth-order valence-electron chi connectivity index (χ4n) is 5.85. The van der Waals surface area contributed by atoms with Crippen LogP contribution in [-0.4, -0.2) is 12.5 Å². The Bertz CT molecular complexity index is 560. The van der Waals surface area contributed by atoms with Gasteiger partial charge in [0.25, 0.3) is 0 Å². The molecule has 0 unspecified atom stereocenters. The SMILES string of the molecule is CC1=CC2=CC[C@@H]3[C@H](CC[C@]4(C)C(=O)NC[C@@H]34)[C@@]2(C)CC1. The minimum atomic E-state index is -0.0940. The van der Waals surface area contributed by atoms with E-state index in [0.29, 0.717) is 23.2 Å². The molecule has 1 saturated heterocycles. The van der Waals surface area contributed by atoms with Crippen molar-refractivity contribution in [1.29, 1.82) is 0 Å². The van der Waals surface area contributed by atoms with Gasteiger partial charge in [0.05, 0.1) is 5.41 Å². The second kappa shape index (κ2) is 4.24. The van der Waals surface area contributed by atoms with Gasteiger partial charge in [0.1, 0.15) is 0 Å². The van der Waals surface area contributed by atoms with Crippen LogP contribution in [-0.2, 0) is 4.79 Å². The second-order valence-electron chi connectivity index (χ2n) is 8.35. The average molecular weight is 285 g/mol. The first-order valence-corrected chi connectivity index (χ1v) is 8.61. The molecule has 2 fully saturated rings. The molecule has 4 rings (SSSR count). The van der Waals surface area contributed by atoms with E-state index in [2.05, 4.69) is 38.2 Å². The van der Waals surface area contributed by atoms with Crippen LogP contribution in [0.5, 0.6) is 0 Å². The number of hydrogen-bond donors (Lipinski definition) is 1. The lowest BCUT2D eigenvalue weighted by Crippen LogP contribution is -2.49. The van der Waals surface area contributed by atoms with Gasteiger partial charge in [-0.05, 0) is 67.8 Å². The van der Waals surface area contributed by atoms with E-state index in [4.69, 9.17) is 0 Å². The zero-order chi connectivity index (χ0) is 14.8. The van der Waals surface area contributed by atoms with Gasteiger partial charge in [0.15, 0.2) is 0 Å². The van der Waals surface area contributed by atoms with Crippen LogP contribution in [0.4, 0.5) is 0 Å². The van der Waals surface area contributed by atoms with Crippen LogP contribution in [0.2, 0.25) is 0 Å². The lowest BCUT2D eigenvalue weighted by Gasteiger charge is -2.55. The van der Waals surface area contributed by atoms with Gasteiger partial charge in [0.2, 0.25) is 5.91 Å². The molecule has 0 aromatic rings. The van der Waals surface area contributed by atoms with Gasteiger partial charge in [-0.1, -0.05) is 31.6 Å². The van der Waals surface area contributed by atoms with Gasteiger partial charge in [0, 0.05) is 6.54 Å². The molecule has 4 aliphatic rings. The number of carbonyl (C=O) groups excluding carboxylic acids is 1. The number of fused-ring (bicyclic) bond motifs is 5. The van der Waals surface area contributed by atoms with Gasteiger partial charge < -0.3 is 5.32 Å². The molecule has 1 aliphatic heterocycles. The monoisotopic (exact) mass is 285 g/mol. The van der Waals surface area contributed by atoms with Crippen LogP contribution in [0.1, 0.15) is 52.9 Å². The first-order chi connectivity index (χ1) is 9.95. The maximum atomic E-state index is 12.3. The first kappa shape index (κ1) is 13.6. The number of rotatable bonds is 0. The maximum absolute atomic E-state index is 12.3. The van der Waals surface area contributed by atoms with Crippen molar-refractivity contribution in [3.8, 4) is 0 Å². The largest absolute Gasteiger partial charge is 0.355 e. The van der Waals surface area contributed by atoms with E-state index < -0.39 is 0 Å². The molecule has 5 atom stereocenters. The normalized spacial score (nSPS) is 48.5. The minimum absolute atomic E-state index is 0.0940. The summed E-state index contributed by atoms with van der Waals surface area (Å²) in [6.07, 6.45) is 11.0. The number of amides is 1. The Balaban J connectivity index is 1.73. The number of allylic oxidation sites excluding steroid dienone is 4. The van der Waals surface area contributed by atoms with E-state index in [0.717, 1.165) is 18.9 Å². The molecule has 2 heteroatoms. The molecule has 1 N–H and O–H groups in total. The summed E-state index contributed by atoms with van der Waals surface area (Å²) in [4.78, 5) is 12.3. The molecule has 0 spiro atoms. The Morgan fingerprint density at radius 3 is 2.81 bits per heavy atom. The smallest absolute Gasteiger partial charge is 0.226 e. The van der Waals surface area contributed by atoms with Crippen LogP contribution in [0.15, 0.2) is 23.3 Å². The molecule has 1 saturated carbocycles. The maximum Gasteiger partial charge on any atom is 0.226 e. The van der Waals surface area contributed by atoms with Crippen LogP contribution >= 0.6 is 0 Å². The Morgan fingerprint density at radius 1 is 1.19 bits per heavy atom. The standard InChI is InChI=1S/C19H27NO/c1-12-6-8-18(2)13(10-12)4-5-14-15(18)7-9-19(3)16(14)11-20-17(19)21/h4,10,14-16H,5-9,11H2,1-3H3,(H,20,21)/t14-,15+,16+,18+,19+/m1/s1. The minimum Gasteiger partial charge on any atom is -0.355 e. The van der Waals surface area contributed by atoms with Gasteiger partial charge in [-0.3, -0.25) is 4.79 Å². The Hall–Kier alpha value is -1.05. The van der Waals surface area contributed by atoms with Crippen LogP contribution in [0.25, 0.3) is 0 Å². The molecule has 114 valence electrons. The van der Waals surface area contributed by atoms with E-state index in [1.54, 1.807) is 5.57 Å². The Morgan fingerprint density at radius 2 is 2.00 bits per heavy atom. The summed E-state index contributed by atoms with van der Waals surface area (Å²) < 4.78 is 0. The topological polar surface area (TPSA) is 29.1 Å². The van der Waals surface area contributed by atoms with Crippen LogP contribution in [0, 0.1) is 28.6 Å². The van der Waals surface area contributed by atoms with Gasteiger partial charge in [-0.25, -0.2) is 0 Å². The molecular formula is C19H27NO. The average Bonchev–Trinajstić information content (AvgIpc) is 2.76. The predicted molar refractivity (Wildman–Crippen MR) is 84.6 cm³/mol. The summed E-state index contributed by atoms with van der Waals surface area (Å²) in [7, 11) is 0.